The Hall–Kier alpha value is -2.65. The van der Waals surface area contributed by atoms with Gasteiger partial charge in [0.25, 0.3) is 0 Å². The highest BCUT2D eigenvalue weighted by Gasteiger charge is 1.61. The minimum Gasteiger partial charge on any atom is -0.346 e. The van der Waals surface area contributed by atoms with Crippen molar-refractivity contribution in [2.75, 3.05) is 0 Å². The van der Waals surface area contributed by atoms with Crippen molar-refractivity contribution in [1.29, 1.82) is 0 Å². The van der Waals surface area contributed by atoms with Crippen LogP contribution >= 0.6 is 0 Å². The first-order valence-electron chi connectivity index (χ1n) is 3.67. The summed E-state index contributed by atoms with van der Waals surface area (Å²) in [5.74, 6) is 0. The van der Waals surface area contributed by atoms with Gasteiger partial charge in [-0.25, -0.2) is 0 Å². The van der Waals surface area contributed by atoms with E-state index >= 15 is 0 Å². The van der Waals surface area contributed by atoms with Crippen LogP contribution in [0.25, 0.3) is 0 Å². The molecule has 3 aromatic heterocycles. The van der Waals surface area contributed by atoms with Crippen LogP contribution in [-0.2, 0) is 0 Å². The fourth-order valence-corrected chi connectivity index (χ4v) is 0.432. The number of aromatic nitrogens is 9. The second-order valence-electron chi connectivity index (χ2n) is 1.80. The minimum atomic E-state index is 1.33. The van der Waals surface area contributed by atoms with Crippen molar-refractivity contribution in [2.24, 2.45) is 0 Å². The van der Waals surface area contributed by atoms with Gasteiger partial charge in [0.1, 0.15) is 6.26 Å². The molecule has 3 aromatic rings. The van der Waals surface area contributed by atoms with Crippen molar-refractivity contribution in [2.45, 2.75) is 0 Å². The zero-order valence-corrected chi connectivity index (χ0v) is 7.43. The largest absolute Gasteiger partial charge is 0.346 e. The van der Waals surface area contributed by atoms with Gasteiger partial charge in [0.05, 0.1) is 18.6 Å². The first-order chi connectivity index (χ1) is 7.50. The van der Waals surface area contributed by atoms with Gasteiger partial charge in [-0.3, -0.25) is 0 Å². The number of rotatable bonds is 0. The van der Waals surface area contributed by atoms with Gasteiger partial charge in [-0.05, 0) is 0 Å². The van der Waals surface area contributed by atoms with Crippen LogP contribution in [-0.4, -0.2) is 46.4 Å². The van der Waals surface area contributed by atoms with Gasteiger partial charge >= 0.3 is 0 Å². The van der Waals surface area contributed by atoms with Gasteiger partial charge in [0.2, 0.25) is 0 Å². The molecule has 0 amide bonds. The standard InChI is InChI=1S/C2H3N3.C2H2N2O.CH2N4/c1-2-4-5-3-1;1-2-5-4-3-1;1-2-4-5-3-1/h1-2H,(H,3,4,5);1-2H;1H,(H,2,3,4,5). The van der Waals surface area contributed by atoms with Crippen molar-refractivity contribution in [3.8, 4) is 0 Å². The highest BCUT2D eigenvalue weighted by molar-refractivity contribution is 4.54. The molecular formula is C5H7N9O. The molecule has 0 bridgehead atoms. The smallest absolute Gasteiger partial charge is 0.161 e. The van der Waals surface area contributed by atoms with E-state index in [-0.39, 0.29) is 0 Å². The fraction of sp³-hybridized carbons (Fsp3) is 0. The SMILES string of the molecule is c1cn[nH]n1.c1conn1.c1nn[nH]n1. The Morgan fingerprint density at radius 1 is 0.867 bits per heavy atom. The molecule has 0 saturated heterocycles. The summed E-state index contributed by atoms with van der Waals surface area (Å²) in [5.41, 5.74) is 0. The maximum absolute atomic E-state index is 4.22. The van der Waals surface area contributed by atoms with E-state index in [4.69, 9.17) is 0 Å². The zero-order valence-electron chi connectivity index (χ0n) is 7.43. The number of hydrogen-bond acceptors (Lipinski definition) is 8. The van der Waals surface area contributed by atoms with E-state index in [1.54, 1.807) is 12.4 Å². The average Bonchev–Trinajstić information content (AvgIpc) is 3.09. The van der Waals surface area contributed by atoms with E-state index in [0.29, 0.717) is 0 Å². The van der Waals surface area contributed by atoms with E-state index in [0.717, 1.165) is 0 Å². The molecule has 0 atom stereocenters. The van der Waals surface area contributed by atoms with Gasteiger partial charge < -0.3 is 4.52 Å². The van der Waals surface area contributed by atoms with Crippen LogP contribution in [0.5, 0.6) is 0 Å². The van der Waals surface area contributed by atoms with Crippen LogP contribution in [0.2, 0.25) is 0 Å². The van der Waals surface area contributed by atoms with Crippen molar-refractivity contribution >= 4 is 0 Å². The predicted molar refractivity (Wildman–Crippen MR) is 44.9 cm³/mol. The summed E-state index contributed by atoms with van der Waals surface area (Å²) in [6.07, 6.45) is 7.38. The quantitative estimate of drug-likeness (QED) is 0.484. The normalized spacial score (nSPS) is 8.00. The van der Waals surface area contributed by atoms with Crippen LogP contribution in [0.3, 0.4) is 0 Å². The highest BCUT2D eigenvalue weighted by atomic mass is 16.5. The molecule has 10 nitrogen and oxygen atoms in total. The van der Waals surface area contributed by atoms with E-state index in [1.165, 1.54) is 18.8 Å². The summed E-state index contributed by atoms with van der Waals surface area (Å²) in [6.45, 7) is 0. The summed E-state index contributed by atoms with van der Waals surface area (Å²) in [5, 5.41) is 27.9. The van der Waals surface area contributed by atoms with Gasteiger partial charge in [-0.2, -0.15) is 20.6 Å². The number of hydrogen-bond donors (Lipinski definition) is 2. The lowest BCUT2D eigenvalue weighted by Crippen LogP contribution is -1.64. The molecule has 0 fully saturated rings. The molecule has 3 rings (SSSR count). The number of nitrogens with one attached hydrogen (secondary N) is 2. The van der Waals surface area contributed by atoms with Crippen LogP contribution in [0.1, 0.15) is 0 Å². The molecule has 0 radical (unpaired) electrons. The summed E-state index contributed by atoms with van der Waals surface area (Å²) >= 11 is 0. The van der Waals surface area contributed by atoms with Gasteiger partial charge in [-0.15, -0.1) is 15.3 Å². The maximum Gasteiger partial charge on any atom is 0.161 e. The van der Waals surface area contributed by atoms with Crippen LogP contribution < -0.4 is 0 Å². The van der Waals surface area contributed by atoms with Gasteiger partial charge in [0.15, 0.2) is 6.33 Å². The molecule has 78 valence electrons. The number of H-pyrrole nitrogens is 2. The number of aromatic amines is 2. The maximum atomic E-state index is 4.22. The molecule has 0 aliphatic rings. The van der Waals surface area contributed by atoms with E-state index < -0.39 is 0 Å². The predicted octanol–water partition coefficient (Wildman–Crippen LogP) is -0.926. The average molecular weight is 209 g/mol. The third kappa shape index (κ3) is 6.51. The van der Waals surface area contributed by atoms with E-state index in [2.05, 4.69) is 50.9 Å². The summed E-state index contributed by atoms with van der Waals surface area (Å²) in [7, 11) is 0. The number of tetrazole rings is 1. The van der Waals surface area contributed by atoms with Crippen molar-refractivity contribution in [1.82, 2.24) is 46.4 Å². The first kappa shape index (κ1) is 10.4. The second kappa shape index (κ2) is 7.97. The third-order valence-electron chi connectivity index (χ3n) is 0.883. The Balaban J connectivity index is 0.000000112. The van der Waals surface area contributed by atoms with E-state index in [1.807, 2.05) is 0 Å². The molecule has 0 unspecified atom stereocenters. The van der Waals surface area contributed by atoms with Crippen molar-refractivity contribution < 1.29 is 4.52 Å². The topological polar surface area (TPSA) is 135 Å². The highest BCUT2D eigenvalue weighted by Crippen LogP contribution is 1.64. The second-order valence-corrected chi connectivity index (χ2v) is 1.80. The molecule has 10 heteroatoms. The van der Waals surface area contributed by atoms with Crippen LogP contribution in [0, 0.1) is 0 Å². The Bertz CT molecular complexity index is 250. The fourth-order valence-electron chi connectivity index (χ4n) is 0.432. The molecule has 0 aromatic carbocycles. The molecule has 3 heterocycles. The third-order valence-corrected chi connectivity index (χ3v) is 0.883. The summed E-state index contributed by atoms with van der Waals surface area (Å²) < 4.78 is 4.22. The molecule has 0 saturated carbocycles. The molecule has 2 N–H and O–H groups in total. The Morgan fingerprint density at radius 2 is 1.73 bits per heavy atom. The summed E-state index contributed by atoms with van der Waals surface area (Å²) in [6, 6.07) is 0. The molecule has 0 aliphatic carbocycles. The lowest BCUT2D eigenvalue weighted by molar-refractivity contribution is 0.393. The van der Waals surface area contributed by atoms with Gasteiger partial charge in [-0.1, -0.05) is 5.21 Å². The summed E-state index contributed by atoms with van der Waals surface area (Å²) in [4.78, 5) is 0. The first-order valence-corrected chi connectivity index (χ1v) is 3.67. The molecule has 15 heavy (non-hydrogen) atoms. The van der Waals surface area contributed by atoms with Crippen LogP contribution in [0.4, 0.5) is 0 Å². The molecular weight excluding hydrogens is 202 g/mol. The lowest BCUT2D eigenvalue weighted by Gasteiger charge is -1.48. The van der Waals surface area contributed by atoms with Crippen LogP contribution in [0.15, 0.2) is 35.7 Å². The lowest BCUT2D eigenvalue weighted by atomic mass is 11.0. The Kier molecular flexibility index (Phi) is 5.54. The van der Waals surface area contributed by atoms with E-state index in [9.17, 15) is 0 Å². The van der Waals surface area contributed by atoms with Crippen molar-refractivity contribution in [3.63, 3.8) is 0 Å². The minimum absolute atomic E-state index is 1.33. The monoisotopic (exact) mass is 209 g/mol. The zero-order chi connectivity index (χ0) is 10.6. The number of nitrogens with zero attached hydrogens (tertiary/aromatic N) is 7. The Labute approximate surface area is 83.1 Å². The van der Waals surface area contributed by atoms with Gasteiger partial charge in [0, 0.05) is 5.27 Å². The molecule has 0 spiro atoms. The molecule has 0 aliphatic heterocycles. The Morgan fingerprint density at radius 3 is 1.93 bits per heavy atom. The van der Waals surface area contributed by atoms with Crippen molar-refractivity contribution in [3.05, 3.63) is 31.2 Å².